The van der Waals surface area contributed by atoms with Crippen LogP contribution in [0.3, 0.4) is 0 Å². The molecule has 0 aliphatic heterocycles. The van der Waals surface area contributed by atoms with Crippen molar-refractivity contribution in [3.8, 4) is 0 Å². The zero-order valence-corrected chi connectivity index (χ0v) is 17.8. The van der Waals surface area contributed by atoms with Gasteiger partial charge in [-0.15, -0.1) is 11.3 Å². The average Bonchev–Trinajstić information content (AvgIpc) is 3.39. The van der Waals surface area contributed by atoms with Crippen molar-refractivity contribution < 1.29 is 24.2 Å². The number of hydrogen-bond acceptors (Lipinski definition) is 5. The number of fused-ring (bicyclic) bond motifs is 3. The van der Waals surface area contributed by atoms with Gasteiger partial charge < -0.3 is 15.2 Å². The number of carboxylic acid groups (broad SMARTS) is 1. The van der Waals surface area contributed by atoms with Crippen molar-refractivity contribution in [2.45, 2.75) is 58.8 Å². The van der Waals surface area contributed by atoms with E-state index in [0.29, 0.717) is 16.5 Å². The topological polar surface area (TPSA) is 92.7 Å². The smallest absolute Gasteiger partial charge is 0.341 e. The standard InChI is InChI=1S/C22H29NO5S/c1-3-11-5-8-14-15(9-11)29-20(18(14)22(27)28-4-2)23-19(24)16-12-6-7-13(10-12)17(16)21(25)26/h11-13,16-17H,3-10H2,1-2H3,(H,23,24)(H,25,26)/t11-,12+,13+,16-,17+/m1/s1. The Kier molecular flexibility index (Phi) is 5.69. The molecular weight excluding hydrogens is 390 g/mol. The molecule has 7 heteroatoms. The van der Waals surface area contributed by atoms with Gasteiger partial charge in [-0.2, -0.15) is 0 Å². The van der Waals surface area contributed by atoms with Crippen LogP contribution in [0.5, 0.6) is 0 Å². The fraction of sp³-hybridized carbons (Fsp3) is 0.682. The number of hydrogen-bond donors (Lipinski definition) is 2. The summed E-state index contributed by atoms with van der Waals surface area (Å²) in [5.74, 6) is -1.81. The van der Waals surface area contributed by atoms with Crippen LogP contribution < -0.4 is 5.32 Å². The molecule has 4 rings (SSSR count). The number of carbonyl (C=O) groups is 3. The maximum atomic E-state index is 13.2. The summed E-state index contributed by atoms with van der Waals surface area (Å²) < 4.78 is 5.28. The van der Waals surface area contributed by atoms with E-state index < -0.39 is 23.8 Å². The fourth-order valence-corrected chi connectivity index (χ4v) is 7.08. The normalized spacial score (nSPS) is 30.1. The van der Waals surface area contributed by atoms with Crippen LogP contribution in [0.2, 0.25) is 0 Å². The Hall–Kier alpha value is -1.89. The third-order valence-electron chi connectivity index (χ3n) is 7.17. The molecular formula is C22H29NO5S. The molecule has 0 unspecified atom stereocenters. The van der Waals surface area contributed by atoms with Crippen molar-refractivity contribution in [1.82, 2.24) is 0 Å². The lowest BCUT2D eigenvalue weighted by molar-refractivity contribution is -0.148. The van der Waals surface area contributed by atoms with Crippen LogP contribution in [0.1, 0.15) is 66.8 Å². The third kappa shape index (κ3) is 3.58. The predicted octanol–water partition coefficient (Wildman–Crippen LogP) is 4.13. The fourth-order valence-electron chi connectivity index (χ4n) is 5.73. The minimum absolute atomic E-state index is 0.0969. The van der Waals surface area contributed by atoms with Crippen molar-refractivity contribution >= 4 is 34.2 Å². The summed E-state index contributed by atoms with van der Waals surface area (Å²) >= 11 is 1.47. The molecule has 6 nitrogen and oxygen atoms in total. The first kappa shape index (κ1) is 20.4. The molecule has 29 heavy (non-hydrogen) atoms. The van der Waals surface area contributed by atoms with Crippen LogP contribution >= 0.6 is 11.3 Å². The first-order valence-electron chi connectivity index (χ1n) is 10.8. The van der Waals surface area contributed by atoms with E-state index >= 15 is 0 Å². The minimum atomic E-state index is -0.876. The Balaban J connectivity index is 1.62. The Morgan fingerprint density at radius 3 is 2.52 bits per heavy atom. The summed E-state index contributed by atoms with van der Waals surface area (Å²) in [5.41, 5.74) is 1.50. The van der Waals surface area contributed by atoms with Gasteiger partial charge in [-0.25, -0.2) is 4.79 Å². The molecule has 1 amide bonds. The van der Waals surface area contributed by atoms with Gasteiger partial charge in [-0.3, -0.25) is 9.59 Å². The molecule has 2 N–H and O–H groups in total. The molecule has 2 saturated carbocycles. The highest BCUT2D eigenvalue weighted by Gasteiger charge is 2.54. The molecule has 3 aliphatic rings. The summed E-state index contributed by atoms with van der Waals surface area (Å²) in [7, 11) is 0. The van der Waals surface area contributed by atoms with E-state index in [1.54, 1.807) is 6.92 Å². The minimum Gasteiger partial charge on any atom is -0.481 e. The van der Waals surface area contributed by atoms with Crippen molar-refractivity contribution in [1.29, 1.82) is 0 Å². The number of anilines is 1. The Labute approximate surface area is 175 Å². The molecule has 0 spiro atoms. The van der Waals surface area contributed by atoms with E-state index in [0.717, 1.165) is 55.4 Å². The van der Waals surface area contributed by atoms with Gasteiger partial charge in [0.25, 0.3) is 0 Å². The lowest BCUT2D eigenvalue weighted by atomic mass is 9.78. The van der Waals surface area contributed by atoms with Crippen LogP contribution in [0.4, 0.5) is 5.00 Å². The summed E-state index contributed by atoms with van der Waals surface area (Å²) in [5, 5.41) is 13.2. The molecule has 2 fully saturated rings. The first-order valence-corrected chi connectivity index (χ1v) is 11.6. The van der Waals surface area contributed by atoms with E-state index in [4.69, 9.17) is 4.74 Å². The van der Waals surface area contributed by atoms with Crippen LogP contribution in [-0.2, 0) is 27.2 Å². The second-order valence-corrected chi connectivity index (χ2v) is 9.76. The molecule has 0 saturated heterocycles. The number of ether oxygens (including phenoxy) is 1. The zero-order chi connectivity index (χ0) is 20.7. The summed E-state index contributed by atoms with van der Waals surface area (Å²) in [6.07, 6.45) is 6.50. The monoisotopic (exact) mass is 419 g/mol. The molecule has 1 heterocycles. The summed E-state index contributed by atoms with van der Waals surface area (Å²) in [4.78, 5) is 38.8. The number of thiophene rings is 1. The lowest BCUT2D eigenvalue weighted by Gasteiger charge is -2.27. The maximum absolute atomic E-state index is 13.2. The van der Waals surface area contributed by atoms with Gasteiger partial charge in [0.15, 0.2) is 0 Å². The van der Waals surface area contributed by atoms with Crippen molar-refractivity contribution in [3.05, 3.63) is 16.0 Å². The number of esters is 1. The quantitative estimate of drug-likeness (QED) is 0.677. The van der Waals surface area contributed by atoms with Crippen molar-refractivity contribution in [2.75, 3.05) is 11.9 Å². The van der Waals surface area contributed by atoms with Crippen molar-refractivity contribution in [3.63, 3.8) is 0 Å². The Morgan fingerprint density at radius 1 is 1.14 bits per heavy atom. The van der Waals surface area contributed by atoms with Gasteiger partial charge in [0.1, 0.15) is 5.00 Å². The zero-order valence-electron chi connectivity index (χ0n) is 17.0. The SMILES string of the molecule is CCOC(=O)c1c(NC(=O)[C@@H]2[C@H]3CC[C@@H](C3)[C@@H]2C(=O)O)sc2c1CC[C@@H](CC)C2. The number of nitrogens with one attached hydrogen (secondary N) is 1. The van der Waals surface area contributed by atoms with E-state index in [2.05, 4.69) is 12.2 Å². The molecule has 2 bridgehead atoms. The Bertz CT molecular complexity index is 831. The molecule has 1 aromatic rings. The highest BCUT2D eigenvalue weighted by Crippen LogP contribution is 2.53. The summed E-state index contributed by atoms with van der Waals surface area (Å²) in [6.45, 7) is 4.23. The molecule has 158 valence electrons. The number of rotatable bonds is 6. The van der Waals surface area contributed by atoms with E-state index in [1.165, 1.54) is 11.3 Å². The van der Waals surface area contributed by atoms with Gasteiger partial charge in [0, 0.05) is 4.88 Å². The van der Waals surface area contributed by atoms with Crippen LogP contribution in [0, 0.1) is 29.6 Å². The maximum Gasteiger partial charge on any atom is 0.341 e. The molecule has 3 aliphatic carbocycles. The van der Waals surface area contributed by atoms with Crippen LogP contribution in [-0.4, -0.2) is 29.6 Å². The number of aliphatic carboxylic acids is 1. The van der Waals surface area contributed by atoms with Crippen LogP contribution in [0.25, 0.3) is 0 Å². The molecule has 0 radical (unpaired) electrons. The second kappa shape index (κ2) is 8.09. The Morgan fingerprint density at radius 2 is 1.86 bits per heavy atom. The van der Waals surface area contributed by atoms with E-state index in [9.17, 15) is 19.5 Å². The van der Waals surface area contributed by atoms with Gasteiger partial charge in [0.05, 0.1) is 24.0 Å². The first-order chi connectivity index (χ1) is 13.9. The largest absolute Gasteiger partial charge is 0.481 e. The highest BCUT2D eigenvalue weighted by atomic mass is 32.1. The lowest BCUT2D eigenvalue weighted by Crippen LogP contribution is -2.38. The van der Waals surface area contributed by atoms with Gasteiger partial charge in [-0.1, -0.05) is 13.3 Å². The average molecular weight is 420 g/mol. The van der Waals surface area contributed by atoms with Crippen LogP contribution in [0.15, 0.2) is 0 Å². The highest BCUT2D eigenvalue weighted by molar-refractivity contribution is 7.17. The van der Waals surface area contributed by atoms with E-state index in [1.807, 2.05) is 0 Å². The number of carbonyl (C=O) groups excluding carboxylic acids is 2. The predicted molar refractivity (Wildman–Crippen MR) is 110 cm³/mol. The molecule has 5 atom stereocenters. The molecule has 1 aromatic heterocycles. The van der Waals surface area contributed by atoms with Gasteiger partial charge >= 0.3 is 11.9 Å². The molecule has 0 aromatic carbocycles. The second-order valence-electron chi connectivity index (χ2n) is 8.66. The third-order valence-corrected chi connectivity index (χ3v) is 8.34. The summed E-state index contributed by atoms with van der Waals surface area (Å²) in [6, 6.07) is 0. The van der Waals surface area contributed by atoms with Gasteiger partial charge in [-0.05, 0) is 68.8 Å². The number of amides is 1. The number of carboxylic acids is 1. The van der Waals surface area contributed by atoms with Gasteiger partial charge in [0.2, 0.25) is 5.91 Å². The van der Waals surface area contributed by atoms with Crippen molar-refractivity contribution in [2.24, 2.45) is 29.6 Å². The van der Waals surface area contributed by atoms with E-state index in [-0.39, 0.29) is 24.3 Å².